The van der Waals surface area contributed by atoms with E-state index in [1.165, 1.54) is 6.07 Å². The SMILES string of the molecule is CN=C(NCc1ccc(F)c(COC)c1)N(C)Cc1ccc2c(c1)OCO2.I. The zero-order valence-corrected chi connectivity index (χ0v) is 18.5. The molecule has 0 saturated heterocycles. The Balaban J connectivity index is 0.00000280. The van der Waals surface area contributed by atoms with Gasteiger partial charge in [0.2, 0.25) is 6.79 Å². The molecule has 0 aromatic heterocycles. The van der Waals surface area contributed by atoms with E-state index < -0.39 is 0 Å². The summed E-state index contributed by atoms with van der Waals surface area (Å²) in [5.41, 5.74) is 2.59. The highest BCUT2D eigenvalue weighted by molar-refractivity contribution is 14.0. The first-order valence-corrected chi connectivity index (χ1v) is 8.67. The van der Waals surface area contributed by atoms with Crippen LogP contribution in [0.15, 0.2) is 41.4 Å². The molecule has 0 atom stereocenters. The molecule has 0 spiro atoms. The lowest BCUT2D eigenvalue weighted by atomic mass is 10.1. The molecule has 1 aliphatic heterocycles. The van der Waals surface area contributed by atoms with Gasteiger partial charge in [-0.05, 0) is 35.4 Å². The number of ether oxygens (including phenoxy) is 3. The Hall–Kier alpha value is -2.07. The third kappa shape index (κ3) is 5.48. The predicted molar refractivity (Wildman–Crippen MR) is 117 cm³/mol. The fourth-order valence-corrected chi connectivity index (χ4v) is 2.96. The van der Waals surface area contributed by atoms with Crippen molar-refractivity contribution in [3.05, 3.63) is 58.9 Å². The molecule has 3 rings (SSSR count). The number of guanidine groups is 1. The lowest BCUT2D eigenvalue weighted by molar-refractivity contribution is 0.174. The normalized spacial score (nSPS) is 12.5. The van der Waals surface area contributed by atoms with Gasteiger partial charge in [0.1, 0.15) is 5.82 Å². The monoisotopic (exact) mass is 501 g/mol. The average Bonchev–Trinajstić information content (AvgIpc) is 3.12. The number of methoxy groups -OCH3 is 1. The van der Waals surface area contributed by atoms with Crippen molar-refractivity contribution in [2.24, 2.45) is 4.99 Å². The van der Waals surface area contributed by atoms with Crippen LogP contribution in [0.25, 0.3) is 0 Å². The first kappa shape index (κ1) is 22.2. The fraction of sp³-hybridized carbons (Fsp3) is 0.350. The number of halogens is 2. The summed E-state index contributed by atoms with van der Waals surface area (Å²) in [7, 11) is 5.25. The largest absolute Gasteiger partial charge is 0.454 e. The highest BCUT2D eigenvalue weighted by Gasteiger charge is 2.15. The summed E-state index contributed by atoms with van der Waals surface area (Å²) in [6, 6.07) is 10.9. The third-order valence-electron chi connectivity index (χ3n) is 4.29. The Kier molecular flexibility index (Phi) is 8.31. The summed E-state index contributed by atoms with van der Waals surface area (Å²) in [4.78, 5) is 6.34. The van der Waals surface area contributed by atoms with E-state index >= 15 is 0 Å². The molecule has 6 nitrogen and oxygen atoms in total. The van der Waals surface area contributed by atoms with Gasteiger partial charge in [0.25, 0.3) is 0 Å². The van der Waals surface area contributed by atoms with Crippen molar-refractivity contribution in [1.82, 2.24) is 10.2 Å². The molecule has 2 aromatic rings. The summed E-state index contributed by atoms with van der Waals surface area (Å²) in [6.45, 7) is 1.71. The molecule has 0 amide bonds. The van der Waals surface area contributed by atoms with E-state index in [9.17, 15) is 4.39 Å². The summed E-state index contributed by atoms with van der Waals surface area (Å²) in [5.74, 6) is 2.02. The van der Waals surface area contributed by atoms with Crippen LogP contribution in [-0.2, 0) is 24.4 Å². The summed E-state index contributed by atoms with van der Waals surface area (Å²) in [5, 5.41) is 3.30. The van der Waals surface area contributed by atoms with E-state index in [2.05, 4.69) is 10.3 Å². The van der Waals surface area contributed by atoms with Crippen LogP contribution >= 0.6 is 24.0 Å². The Labute approximate surface area is 181 Å². The minimum Gasteiger partial charge on any atom is -0.454 e. The van der Waals surface area contributed by atoms with Crippen molar-refractivity contribution in [2.75, 3.05) is 28.0 Å². The number of fused-ring (bicyclic) bond motifs is 1. The van der Waals surface area contributed by atoms with Crippen LogP contribution in [0.4, 0.5) is 4.39 Å². The Bertz CT molecular complexity index is 832. The second kappa shape index (κ2) is 10.5. The van der Waals surface area contributed by atoms with Gasteiger partial charge in [0.15, 0.2) is 17.5 Å². The first-order chi connectivity index (χ1) is 13.1. The molecule has 1 N–H and O–H groups in total. The topological polar surface area (TPSA) is 55.3 Å². The Morgan fingerprint density at radius 2 is 1.93 bits per heavy atom. The zero-order valence-electron chi connectivity index (χ0n) is 16.2. The lowest BCUT2D eigenvalue weighted by Gasteiger charge is -2.22. The minimum absolute atomic E-state index is 0. The number of benzene rings is 2. The van der Waals surface area contributed by atoms with Gasteiger partial charge in [-0.3, -0.25) is 4.99 Å². The van der Waals surface area contributed by atoms with E-state index in [1.54, 1.807) is 26.3 Å². The van der Waals surface area contributed by atoms with E-state index in [-0.39, 0.29) is 43.2 Å². The van der Waals surface area contributed by atoms with Crippen molar-refractivity contribution in [3.8, 4) is 11.5 Å². The molecule has 0 aliphatic carbocycles. The van der Waals surface area contributed by atoms with Gasteiger partial charge in [-0.15, -0.1) is 24.0 Å². The van der Waals surface area contributed by atoms with E-state index in [0.29, 0.717) is 18.7 Å². The first-order valence-electron chi connectivity index (χ1n) is 8.67. The number of nitrogens with one attached hydrogen (secondary N) is 1. The molecule has 0 saturated carbocycles. The number of hydrogen-bond acceptors (Lipinski definition) is 4. The molecule has 0 unspecified atom stereocenters. The highest BCUT2D eigenvalue weighted by Crippen LogP contribution is 2.32. The molecular formula is C20H25FIN3O3. The lowest BCUT2D eigenvalue weighted by Crippen LogP contribution is -2.38. The van der Waals surface area contributed by atoms with E-state index in [1.807, 2.05) is 30.1 Å². The van der Waals surface area contributed by atoms with Crippen LogP contribution < -0.4 is 14.8 Å². The van der Waals surface area contributed by atoms with Crippen LogP contribution in [0, 0.1) is 5.82 Å². The second-order valence-electron chi connectivity index (χ2n) is 6.30. The number of aliphatic imine (C=N–C) groups is 1. The van der Waals surface area contributed by atoms with Gasteiger partial charge in [-0.2, -0.15) is 0 Å². The molecule has 0 bridgehead atoms. The number of hydrogen-bond donors (Lipinski definition) is 1. The maximum Gasteiger partial charge on any atom is 0.231 e. The molecule has 152 valence electrons. The number of nitrogens with zero attached hydrogens (tertiary/aromatic N) is 2. The highest BCUT2D eigenvalue weighted by atomic mass is 127. The van der Waals surface area contributed by atoms with Crippen molar-refractivity contribution >= 4 is 29.9 Å². The molecular weight excluding hydrogens is 476 g/mol. The standard InChI is InChI=1S/C20H24FN3O3.HI/c1-22-20(23-10-14-4-6-17(21)16(8-14)12-25-3)24(2)11-15-5-7-18-19(9-15)27-13-26-18;/h4-9H,10-13H2,1-3H3,(H,22,23);1H. The zero-order chi connectivity index (χ0) is 19.2. The molecule has 0 radical (unpaired) electrons. The quantitative estimate of drug-likeness (QED) is 0.373. The maximum atomic E-state index is 13.7. The second-order valence-corrected chi connectivity index (χ2v) is 6.30. The molecule has 8 heteroatoms. The fourth-order valence-electron chi connectivity index (χ4n) is 2.96. The predicted octanol–water partition coefficient (Wildman–Crippen LogP) is 3.53. The smallest absolute Gasteiger partial charge is 0.231 e. The van der Waals surface area contributed by atoms with Crippen molar-refractivity contribution in [1.29, 1.82) is 0 Å². The van der Waals surface area contributed by atoms with Crippen LogP contribution in [0.3, 0.4) is 0 Å². The molecule has 1 heterocycles. The van der Waals surface area contributed by atoms with Gasteiger partial charge < -0.3 is 24.4 Å². The molecule has 1 aliphatic rings. The summed E-state index contributed by atoms with van der Waals surface area (Å²) < 4.78 is 29.5. The van der Waals surface area contributed by atoms with Gasteiger partial charge in [-0.25, -0.2) is 4.39 Å². The van der Waals surface area contributed by atoms with Crippen LogP contribution in [-0.4, -0.2) is 38.9 Å². The van der Waals surface area contributed by atoms with Gasteiger partial charge in [-0.1, -0.05) is 12.1 Å². The van der Waals surface area contributed by atoms with Crippen molar-refractivity contribution in [2.45, 2.75) is 19.7 Å². The van der Waals surface area contributed by atoms with Crippen LogP contribution in [0.2, 0.25) is 0 Å². The Morgan fingerprint density at radius 3 is 2.68 bits per heavy atom. The van der Waals surface area contributed by atoms with Gasteiger partial charge in [0.05, 0.1) is 6.61 Å². The van der Waals surface area contributed by atoms with Gasteiger partial charge >= 0.3 is 0 Å². The summed E-state index contributed by atoms with van der Waals surface area (Å²) >= 11 is 0. The Morgan fingerprint density at radius 1 is 1.18 bits per heavy atom. The van der Waals surface area contributed by atoms with Crippen molar-refractivity contribution < 1.29 is 18.6 Å². The van der Waals surface area contributed by atoms with E-state index in [4.69, 9.17) is 14.2 Å². The third-order valence-corrected chi connectivity index (χ3v) is 4.29. The molecule has 2 aromatic carbocycles. The maximum absolute atomic E-state index is 13.7. The van der Waals surface area contributed by atoms with Crippen molar-refractivity contribution in [3.63, 3.8) is 0 Å². The number of rotatable bonds is 6. The molecule has 0 fully saturated rings. The van der Waals surface area contributed by atoms with Crippen LogP contribution in [0.1, 0.15) is 16.7 Å². The minimum atomic E-state index is -0.259. The van der Waals surface area contributed by atoms with Gasteiger partial charge in [0, 0.05) is 39.9 Å². The molecule has 28 heavy (non-hydrogen) atoms. The van der Waals surface area contributed by atoms with E-state index in [0.717, 1.165) is 28.6 Å². The average molecular weight is 501 g/mol. The summed E-state index contributed by atoms with van der Waals surface area (Å²) in [6.07, 6.45) is 0. The van der Waals surface area contributed by atoms with Crippen LogP contribution in [0.5, 0.6) is 11.5 Å².